The second-order valence-corrected chi connectivity index (χ2v) is 16.3. The maximum absolute atomic E-state index is 4.94. The molecule has 1 aliphatic heterocycles. The topological polar surface area (TPSA) is 12.0 Å². The molecule has 7 heteroatoms. The van der Waals surface area contributed by atoms with Gasteiger partial charge in [-0.3, -0.25) is 0 Å². The molecule has 0 radical (unpaired) electrons. The molecule has 0 atom stereocenters. The molecule has 152 valence electrons. The number of hydrogen-bond donors (Lipinski definition) is 1. The number of halogens is 3. The van der Waals surface area contributed by atoms with Gasteiger partial charge in [-0.15, -0.1) is 11.8 Å². The Bertz CT molecular complexity index is 658. The van der Waals surface area contributed by atoms with Gasteiger partial charge in [0.2, 0.25) is 0 Å². The van der Waals surface area contributed by atoms with Crippen molar-refractivity contribution in [3.05, 3.63) is 91.0 Å². The Kier molecular flexibility index (Phi) is 12.8. The van der Waals surface area contributed by atoms with Gasteiger partial charge >= 0.3 is 42.1 Å². The standard InChI is InChI=1S/C18H15P.C3H7NS.3ClH.Rh/c1-4-10-16(11-5-1)19(17-12-6-2-7-13-17)18-14-8-3-9-15-18;1-2-5-3-4-1;;;;/h1-15H;4H,1-3H2;3*1H;/q;;;;;+3/p-3. The predicted molar refractivity (Wildman–Crippen MR) is 128 cm³/mol. The van der Waals surface area contributed by atoms with Crippen molar-refractivity contribution in [1.29, 1.82) is 0 Å². The fraction of sp³-hybridized carbons (Fsp3) is 0.143. The maximum atomic E-state index is 4.94. The Morgan fingerprint density at radius 1 is 0.679 bits per heavy atom. The minimum atomic E-state index is -1.66. The first-order valence-corrected chi connectivity index (χ1v) is 17.4. The van der Waals surface area contributed by atoms with Crippen LogP contribution >= 0.6 is 48.8 Å². The van der Waals surface area contributed by atoms with E-state index < -0.39 is 20.9 Å². The summed E-state index contributed by atoms with van der Waals surface area (Å²) in [5, 5.41) is 7.38. The zero-order valence-electron chi connectivity index (χ0n) is 15.1. The summed E-state index contributed by atoms with van der Waals surface area (Å²) >= 11 is 0.303. The van der Waals surface area contributed by atoms with Crippen LogP contribution in [0.1, 0.15) is 0 Å². The van der Waals surface area contributed by atoms with Gasteiger partial charge in [-0.05, 0) is 23.8 Å². The molecule has 0 saturated carbocycles. The van der Waals surface area contributed by atoms with Gasteiger partial charge in [-0.1, -0.05) is 91.0 Å². The van der Waals surface area contributed by atoms with Crippen LogP contribution in [0.15, 0.2) is 91.0 Å². The van der Waals surface area contributed by atoms with Crippen LogP contribution in [0.25, 0.3) is 0 Å². The fourth-order valence-electron chi connectivity index (χ4n) is 2.54. The van der Waals surface area contributed by atoms with E-state index >= 15 is 0 Å². The predicted octanol–water partition coefficient (Wildman–Crippen LogP) is 5.79. The minimum Gasteiger partial charge on any atom is -0.0622 e. The number of benzene rings is 3. The first-order valence-electron chi connectivity index (χ1n) is 8.57. The van der Waals surface area contributed by atoms with Crippen LogP contribution in [0.2, 0.25) is 0 Å². The smallest absolute Gasteiger partial charge is 0.0134 e. The molecule has 3 aromatic rings. The molecule has 0 bridgehead atoms. The number of thioether (sulfide) groups is 1. The van der Waals surface area contributed by atoms with E-state index in [2.05, 4.69) is 96.3 Å². The van der Waals surface area contributed by atoms with Crippen molar-refractivity contribution in [2.75, 3.05) is 18.2 Å². The molecule has 1 nitrogen and oxygen atoms in total. The monoisotopic (exact) mass is 559 g/mol. The third kappa shape index (κ3) is 9.60. The molecule has 1 aliphatic rings. The average Bonchev–Trinajstić information content (AvgIpc) is 3.31. The number of hydrogen-bond acceptors (Lipinski definition) is 2. The second kappa shape index (κ2) is 14.8. The van der Waals surface area contributed by atoms with Gasteiger partial charge in [-0.2, -0.15) is 0 Å². The van der Waals surface area contributed by atoms with Gasteiger partial charge in [0.1, 0.15) is 0 Å². The van der Waals surface area contributed by atoms with Crippen LogP contribution in [0.5, 0.6) is 0 Å². The van der Waals surface area contributed by atoms with Gasteiger partial charge in [-0.25, -0.2) is 0 Å². The fourth-order valence-corrected chi connectivity index (χ4v) is 5.57. The van der Waals surface area contributed by atoms with Gasteiger partial charge < -0.3 is 5.32 Å². The van der Waals surface area contributed by atoms with E-state index in [9.17, 15) is 0 Å². The molecule has 28 heavy (non-hydrogen) atoms. The number of nitrogens with one attached hydrogen (secondary N) is 1. The molecular weight excluding hydrogens is 539 g/mol. The summed E-state index contributed by atoms with van der Waals surface area (Å²) in [7, 11) is 14.4. The van der Waals surface area contributed by atoms with Crippen molar-refractivity contribution in [2.45, 2.75) is 0 Å². The first kappa shape index (κ1) is 24.2. The second-order valence-electron chi connectivity index (χ2n) is 5.54. The third-order valence-corrected chi connectivity index (χ3v) is 7.02. The Balaban J connectivity index is 0.000000259. The number of rotatable bonds is 3. The van der Waals surface area contributed by atoms with E-state index in [1.807, 2.05) is 11.8 Å². The minimum absolute atomic E-state index is 0.446. The molecule has 0 amide bonds. The summed E-state index contributed by atoms with van der Waals surface area (Å²) in [6.07, 6.45) is 0. The van der Waals surface area contributed by atoms with Crippen LogP contribution in [0.3, 0.4) is 0 Å². The van der Waals surface area contributed by atoms with Crippen molar-refractivity contribution in [3.63, 3.8) is 0 Å². The Labute approximate surface area is 191 Å². The summed E-state index contributed by atoms with van der Waals surface area (Å²) in [5.74, 6) is 2.47. The quantitative estimate of drug-likeness (QED) is 0.322. The van der Waals surface area contributed by atoms with E-state index in [0.717, 1.165) is 0 Å². The molecule has 0 aromatic heterocycles. The normalized spacial score (nSPS) is 13.1. The molecule has 3 aromatic carbocycles. The van der Waals surface area contributed by atoms with Crippen molar-refractivity contribution in [2.24, 2.45) is 0 Å². The average molecular weight is 561 g/mol. The Morgan fingerprint density at radius 2 is 1.04 bits per heavy atom. The van der Waals surface area contributed by atoms with E-state index in [0.29, 0.717) is 0 Å². The summed E-state index contributed by atoms with van der Waals surface area (Å²) < 4.78 is 0. The Hall–Kier alpha value is -0.107. The molecular formula is C21H22Cl3NPRhS. The third-order valence-electron chi connectivity index (χ3n) is 3.67. The van der Waals surface area contributed by atoms with E-state index in [1.54, 1.807) is 0 Å². The molecule has 1 heterocycles. The van der Waals surface area contributed by atoms with E-state index in [4.69, 9.17) is 29.1 Å². The molecule has 1 fully saturated rings. The molecule has 1 saturated heterocycles. The van der Waals surface area contributed by atoms with Crippen LogP contribution in [0, 0.1) is 0 Å². The summed E-state index contributed by atoms with van der Waals surface area (Å²) in [5.41, 5.74) is 0. The van der Waals surface area contributed by atoms with E-state index in [-0.39, 0.29) is 0 Å². The van der Waals surface area contributed by atoms with Crippen molar-refractivity contribution in [1.82, 2.24) is 5.32 Å². The van der Waals surface area contributed by atoms with Crippen molar-refractivity contribution in [3.8, 4) is 0 Å². The zero-order valence-corrected chi connectivity index (χ0v) is 20.7. The molecule has 0 unspecified atom stereocenters. The van der Waals surface area contributed by atoms with E-state index in [1.165, 1.54) is 34.1 Å². The molecule has 1 N–H and O–H groups in total. The van der Waals surface area contributed by atoms with Crippen molar-refractivity contribution >= 4 is 64.7 Å². The molecule has 0 spiro atoms. The van der Waals surface area contributed by atoms with Crippen LogP contribution in [-0.2, 0) is 13.0 Å². The molecule has 0 aliphatic carbocycles. The van der Waals surface area contributed by atoms with Gasteiger partial charge in [0, 0.05) is 18.2 Å². The van der Waals surface area contributed by atoms with Crippen LogP contribution in [-0.4, -0.2) is 18.2 Å². The largest absolute Gasteiger partial charge is 0.0622 e. The van der Waals surface area contributed by atoms with Gasteiger partial charge in [0.25, 0.3) is 0 Å². The van der Waals surface area contributed by atoms with Gasteiger partial charge in [0.15, 0.2) is 0 Å². The summed E-state index contributed by atoms with van der Waals surface area (Å²) in [4.78, 5) is 0. The first-order chi connectivity index (χ1) is 13.7. The van der Waals surface area contributed by atoms with Gasteiger partial charge in [0.05, 0.1) is 0 Å². The van der Waals surface area contributed by atoms with Crippen LogP contribution < -0.4 is 21.2 Å². The Morgan fingerprint density at radius 3 is 1.25 bits per heavy atom. The summed E-state index contributed by atoms with van der Waals surface area (Å²) in [6, 6.07) is 32.3. The summed E-state index contributed by atoms with van der Waals surface area (Å²) in [6.45, 7) is 1.21. The van der Waals surface area contributed by atoms with Crippen molar-refractivity contribution < 1.29 is 13.0 Å². The zero-order chi connectivity index (χ0) is 20.0. The molecule has 4 rings (SSSR count). The maximum Gasteiger partial charge on any atom is -0.0134 e. The SMILES string of the molecule is C1CSCN1.[Cl][Rh]([Cl])[Cl].c1ccc(P(c2ccccc2)c2ccccc2)cc1. The van der Waals surface area contributed by atoms with Crippen LogP contribution in [0.4, 0.5) is 0 Å².